The molecule has 0 spiro atoms. The van der Waals surface area contributed by atoms with E-state index in [1.807, 2.05) is 30.5 Å². The fourth-order valence-electron chi connectivity index (χ4n) is 2.74. The number of carbonyl (C=O) groups is 1. The van der Waals surface area contributed by atoms with E-state index >= 15 is 0 Å². The van der Waals surface area contributed by atoms with Crippen molar-refractivity contribution in [2.75, 3.05) is 6.61 Å². The number of aromatic nitrogens is 2. The van der Waals surface area contributed by atoms with Crippen LogP contribution in [0.25, 0.3) is 28.3 Å². The van der Waals surface area contributed by atoms with Crippen molar-refractivity contribution in [1.82, 2.24) is 9.55 Å². The van der Waals surface area contributed by atoms with Crippen LogP contribution < -0.4 is 14.8 Å². The number of halogens is 1. The SMILES string of the molecule is C=CCOC(=O)/C(C#N)=c1\sc(=C=Cc2c[nH]c3ccc(Br)cc23)c(=O)n1CC. The molecule has 0 fully saturated rings. The molecule has 1 aromatic carbocycles. The van der Waals surface area contributed by atoms with Gasteiger partial charge in [0.15, 0.2) is 5.57 Å². The predicted octanol–water partition coefficient (Wildman–Crippen LogP) is 2.67. The van der Waals surface area contributed by atoms with Gasteiger partial charge in [-0.05, 0) is 31.2 Å². The molecule has 0 unspecified atom stereocenters. The molecule has 6 nitrogen and oxygen atoms in total. The van der Waals surface area contributed by atoms with Gasteiger partial charge in [0.05, 0.1) is 0 Å². The van der Waals surface area contributed by atoms with E-state index in [0.717, 1.165) is 32.3 Å². The lowest BCUT2D eigenvalue weighted by Crippen LogP contribution is -2.32. The van der Waals surface area contributed by atoms with Crippen molar-refractivity contribution in [3.8, 4) is 6.07 Å². The number of ether oxygens (including phenoxy) is 1. The summed E-state index contributed by atoms with van der Waals surface area (Å²) < 4.78 is 7.84. The number of thiazole rings is 1. The summed E-state index contributed by atoms with van der Waals surface area (Å²) in [6.45, 7) is 5.55. The molecule has 8 heteroatoms. The largest absolute Gasteiger partial charge is 0.457 e. The van der Waals surface area contributed by atoms with Gasteiger partial charge in [0.1, 0.15) is 21.9 Å². The van der Waals surface area contributed by atoms with E-state index in [-0.39, 0.29) is 22.4 Å². The molecule has 0 saturated carbocycles. The Morgan fingerprint density at radius 3 is 2.97 bits per heavy atom. The maximum absolute atomic E-state index is 12.7. The van der Waals surface area contributed by atoms with Crippen molar-refractivity contribution in [3.05, 3.63) is 66.6 Å². The van der Waals surface area contributed by atoms with Crippen molar-refractivity contribution in [3.63, 3.8) is 0 Å². The monoisotopic (exact) mass is 469 g/mol. The fraction of sp³-hybridized carbons (Fsp3) is 0.143. The Labute approximate surface area is 178 Å². The van der Waals surface area contributed by atoms with Crippen LogP contribution in [0.1, 0.15) is 12.5 Å². The summed E-state index contributed by atoms with van der Waals surface area (Å²) in [5.74, 6) is -0.784. The molecule has 2 heterocycles. The third kappa shape index (κ3) is 4.17. The lowest BCUT2D eigenvalue weighted by molar-refractivity contribution is -0.135. The van der Waals surface area contributed by atoms with Gasteiger partial charge in [-0.1, -0.05) is 34.3 Å². The van der Waals surface area contributed by atoms with E-state index in [9.17, 15) is 14.9 Å². The molecule has 0 aliphatic heterocycles. The number of aromatic amines is 1. The number of nitrogens with zero attached hydrogens (tertiary/aromatic N) is 2. The third-order valence-electron chi connectivity index (χ3n) is 4.10. The Morgan fingerprint density at radius 2 is 2.28 bits per heavy atom. The zero-order valence-corrected chi connectivity index (χ0v) is 17.9. The van der Waals surface area contributed by atoms with Crippen molar-refractivity contribution in [2.24, 2.45) is 0 Å². The molecule has 3 rings (SSSR count). The second-order valence-corrected chi connectivity index (χ2v) is 7.80. The maximum atomic E-state index is 12.7. The standard InChI is InChI=1S/C21H16BrN3O3S/c1-3-9-28-21(27)16(11-23)20-25(4-2)19(26)18(29-20)8-5-13-12-24-17-7-6-14(22)10-15(13)17/h3,5-7,10,12,24H,1,4,9H2,2H3/b20-16-. The molecular formula is C21H16BrN3O3S. The number of nitriles is 1. The molecule has 0 radical (unpaired) electrons. The summed E-state index contributed by atoms with van der Waals surface area (Å²) in [5, 5.41) is 10.4. The van der Waals surface area contributed by atoms with Crippen LogP contribution in [0, 0.1) is 11.3 Å². The van der Waals surface area contributed by atoms with Gasteiger partial charge in [0, 0.05) is 33.7 Å². The van der Waals surface area contributed by atoms with E-state index in [1.165, 1.54) is 10.6 Å². The molecule has 0 aliphatic carbocycles. The van der Waals surface area contributed by atoms with Crippen molar-refractivity contribution in [1.29, 1.82) is 5.26 Å². The van der Waals surface area contributed by atoms with Gasteiger partial charge in [-0.3, -0.25) is 9.36 Å². The smallest absolute Gasteiger partial charge is 0.352 e. The molecule has 0 bridgehead atoms. The van der Waals surface area contributed by atoms with Crippen LogP contribution >= 0.6 is 27.3 Å². The van der Waals surface area contributed by atoms with Crippen LogP contribution in [0.5, 0.6) is 0 Å². The van der Waals surface area contributed by atoms with E-state index in [0.29, 0.717) is 11.1 Å². The summed E-state index contributed by atoms with van der Waals surface area (Å²) >= 11 is 4.49. The Kier molecular flexibility index (Phi) is 6.35. The van der Waals surface area contributed by atoms with E-state index < -0.39 is 5.97 Å². The molecule has 1 N–H and O–H groups in total. The first-order valence-corrected chi connectivity index (χ1v) is 10.3. The Bertz CT molecular complexity index is 1360. The minimum Gasteiger partial charge on any atom is -0.457 e. The van der Waals surface area contributed by atoms with Gasteiger partial charge < -0.3 is 9.72 Å². The second kappa shape index (κ2) is 8.93. The molecule has 0 amide bonds. The van der Waals surface area contributed by atoms with Gasteiger partial charge in [-0.2, -0.15) is 5.26 Å². The average molecular weight is 470 g/mol. The molecular weight excluding hydrogens is 454 g/mol. The lowest BCUT2D eigenvalue weighted by Gasteiger charge is -2.00. The first-order valence-electron chi connectivity index (χ1n) is 8.65. The molecule has 2 aromatic heterocycles. The summed E-state index contributed by atoms with van der Waals surface area (Å²) in [7, 11) is 0. The van der Waals surface area contributed by atoms with Gasteiger partial charge in [0.2, 0.25) is 0 Å². The van der Waals surface area contributed by atoms with Crippen LogP contribution in [-0.2, 0) is 16.1 Å². The molecule has 0 aliphatic rings. The van der Waals surface area contributed by atoms with Crippen molar-refractivity contribution >= 4 is 61.5 Å². The number of rotatable bonds is 5. The minimum atomic E-state index is -0.784. The van der Waals surface area contributed by atoms with E-state index in [4.69, 9.17) is 4.74 Å². The summed E-state index contributed by atoms with van der Waals surface area (Å²) in [5.41, 5.74) is 4.33. The molecule has 0 atom stereocenters. The summed E-state index contributed by atoms with van der Waals surface area (Å²) in [6, 6.07) is 7.71. The minimum absolute atomic E-state index is 0.0131. The number of fused-ring (bicyclic) bond motifs is 1. The number of hydrogen-bond donors (Lipinski definition) is 1. The molecule has 3 aromatic rings. The predicted molar refractivity (Wildman–Crippen MR) is 118 cm³/mol. The number of nitrogens with one attached hydrogen (secondary N) is 1. The van der Waals surface area contributed by atoms with E-state index in [1.54, 1.807) is 13.0 Å². The highest BCUT2D eigenvalue weighted by Gasteiger charge is 2.16. The molecule has 0 saturated heterocycles. The molecule has 146 valence electrons. The first-order chi connectivity index (χ1) is 14.0. The lowest BCUT2D eigenvalue weighted by atomic mass is 10.2. The van der Waals surface area contributed by atoms with E-state index in [2.05, 4.69) is 33.2 Å². The van der Waals surface area contributed by atoms with Crippen molar-refractivity contribution < 1.29 is 9.53 Å². The van der Waals surface area contributed by atoms with Crippen LogP contribution in [0.3, 0.4) is 0 Å². The quantitative estimate of drug-likeness (QED) is 0.459. The van der Waals surface area contributed by atoms with Gasteiger partial charge in [0.25, 0.3) is 5.56 Å². The number of H-pyrrole nitrogens is 1. The number of benzene rings is 1. The number of carbonyl (C=O) groups excluding carboxylic acids is 1. The van der Waals surface area contributed by atoms with Crippen LogP contribution in [0.15, 0.2) is 46.3 Å². The Hall–Kier alpha value is -3.11. The highest BCUT2D eigenvalue weighted by molar-refractivity contribution is 9.10. The Balaban J connectivity index is 2.22. The van der Waals surface area contributed by atoms with Gasteiger partial charge in [-0.25, -0.2) is 4.79 Å². The number of hydrogen-bond acceptors (Lipinski definition) is 5. The zero-order valence-electron chi connectivity index (χ0n) is 15.5. The normalized spacial score (nSPS) is 11.5. The maximum Gasteiger partial charge on any atom is 0.352 e. The van der Waals surface area contributed by atoms with Crippen LogP contribution in [-0.4, -0.2) is 22.1 Å². The Morgan fingerprint density at radius 1 is 1.48 bits per heavy atom. The highest BCUT2D eigenvalue weighted by Crippen LogP contribution is 2.23. The third-order valence-corrected chi connectivity index (χ3v) is 5.70. The fourth-order valence-corrected chi connectivity index (χ4v) is 4.16. The zero-order chi connectivity index (χ0) is 21.0. The van der Waals surface area contributed by atoms with Crippen LogP contribution in [0.4, 0.5) is 0 Å². The first kappa shape index (κ1) is 20.6. The summed E-state index contributed by atoms with van der Waals surface area (Å²) in [6.07, 6.45) is 4.95. The highest BCUT2D eigenvalue weighted by atomic mass is 79.9. The van der Waals surface area contributed by atoms with Crippen molar-refractivity contribution in [2.45, 2.75) is 13.5 Å². The number of esters is 1. The average Bonchev–Trinajstić information content (AvgIpc) is 3.25. The second-order valence-electron chi connectivity index (χ2n) is 5.88. The van der Waals surface area contributed by atoms with Gasteiger partial charge in [-0.15, -0.1) is 11.3 Å². The summed E-state index contributed by atoms with van der Waals surface area (Å²) in [4.78, 5) is 28.1. The topological polar surface area (TPSA) is 87.9 Å². The van der Waals surface area contributed by atoms with Crippen LogP contribution in [0.2, 0.25) is 0 Å². The molecule has 29 heavy (non-hydrogen) atoms. The van der Waals surface area contributed by atoms with Gasteiger partial charge >= 0.3 is 5.97 Å².